The number of rotatable bonds is 6. The summed E-state index contributed by atoms with van der Waals surface area (Å²) in [6, 6.07) is 16.2. The minimum absolute atomic E-state index is 0.147. The molecule has 0 aliphatic carbocycles. The molecule has 19 heavy (non-hydrogen) atoms. The zero-order valence-corrected chi connectivity index (χ0v) is 11.0. The van der Waals surface area contributed by atoms with Crippen LogP contribution in [0.25, 0.3) is 0 Å². The molecule has 0 radical (unpaired) electrons. The van der Waals surface area contributed by atoms with Crippen LogP contribution in [-0.2, 0) is 0 Å². The maximum absolute atomic E-state index is 13.8. The van der Waals surface area contributed by atoms with Gasteiger partial charge >= 0.3 is 0 Å². The molecule has 1 atom stereocenters. The number of hydrogen-bond donors (Lipinski definition) is 1. The van der Waals surface area contributed by atoms with Gasteiger partial charge in [0.1, 0.15) is 18.2 Å². The zero-order valence-electron chi connectivity index (χ0n) is 11.0. The fraction of sp³-hybridized carbons (Fsp3) is 0.250. The van der Waals surface area contributed by atoms with E-state index in [1.807, 2.05) is 43.3 Å². The number of likely N-dealkylation sites (N-methyl/N-ethyl adjacent to an activating group) is 1. The van der Waals surface area contributed by atoms with Crippen LogP contribution in [0.1, 0.15) is 18.5 Å². The molecule has 0 fully saturated rings. The summed E-state index contributed by atoms with van der Waals surface area (Å²) in [5.41, 5.74) is 0.639. The summed E-state index contributed by atoms with van der Waals surface area (Å²) in [5, 5.41) is 3.24. The molecule has 0 amide bonds. The highest BCUT2D eigenvalue weighted by molar-refractivity contribution is 5.23. The van der Waals surface area contributed by atoms with Crippen molar-refractivity contribution >= 4 is 0 Å². The van der Waals surface area contributed by atoms with E-state index in [0.29, 0.717) is 12.2 Å². The summed E-state index contributed by atoms with van der Waals surface area (Å²) in [5.74, 6) is 0.590. The van der Waals surface area contributed by atoms with Crippen LogP contribution in [0.15, 0.2) is 54.6 Å². The van der Waals surface area contributed by atoms with Crippen molar-refractivity contribution < 1.29 is 9.13 Å². The maximum atomic E-state index is 13.8. The van der Waals surface area contributed by atoms with Crippen LogP contribution in [0.4, 0.5) is 4.39 Å². The van der Waals surface area contributed by atoms with Gasteiger partial charge in [0.15, 0.2) is 0 Å². The summed E-state index contributed by atoms with van der Waals surface area (Å²) in [6.45, 7) is 3.16. The van der Waals surface area contributed by atoms with Gasteiger partial charge in [-0.3, -0.25) is 0 Å². The van der Waals surface area contributed by atoms with Crippen molar-refractivity contribution in [2.75, 3.05) is 13.2 Å². The number of ether oxygens (including phenoxy) is 1. The lowest BCUT2D eigenvalue weighted by Crippen LogP contribution is -2.27. The van der Waals surface area contributed by atoms with Gasteiger partial charge in [-0.1, -0.05) is 43.3 Å². The van der Waals surface area contributed by atoms with Crippen molar-refractivity contribution in [3.63, 3.8) is 0 Å². The van der Waals surface area contributed by atoms with Crippen molar-refractivity contribution in [1.82, 2.24) is 5.32 Å². The highest BCUT2D eigenvalue weighted by Crippen LogP contribution is 2.18. The van der Waals surface area contributed by atoms with Crippen LogP contribution < -0.4 is 10.1 Å². The van der Waals surface area contributed by atoms with Crippen molar-refractivity contribution in [3.8, 4) is 5.75 Å². The fourth-order valence-corrected chi connectivity index (χ4v) is 1.96. The number of benzene rings is 2. The third-order valence-corrected chi connectivity index (χ3v) is 2.89. The molecule has 1 unspecified atom stereocenters. The molecule has 0 saturated heterocycles. The normalized spacial score (nSPS) is 12.1. The van der Waals surface area contributed by atoms with Gasteiger partial charge in [-0.05, 0) is 24.7 Å². The van der Waals surface area contributed by atoms with Gasteiger partial charge in [0, 0.05) is 5.56 Å². The first-order valence-electron chi connectivity index (χ1n) is 6.47. The van der Waals surface area contributed by atoms with Gasteiger partial charge < -0.3 is 10.1 Å². The second-order valence-electron chi connectivity index (χ2n) is 4.26. The van der Waals surface area contributed by atoms with Crippen LogP contribution in [0.3, 0.4) is 0 Å². The van der Waals surface area contributed by atoms with Crippen molar-refractivity contribution in [2.24, 2.45) is 0 Å². The minimum atomic E-state index is -0.204. The van der Waals surface area contributed by atoms with Crippen molar-refractivity contribution in [2.45, 2.75) is 13.0 Å². The van der Waals surface area contributed by atoms with E-state index in [-0.39, 0.29) is 11.9 Å². The van der Waals surface area contributed by atoms with E-state index < -0.39 is 0 Å². The van der Waals surface area contributed by atoms with E-state index in [9.17, 15) is 4.39 Å². The van der Waals surface area contributed by atoms with E-state index >= 15 is 0 Å². The van der Waals surface area contributed by atoms with E-state index in [0.717, 1.165) is 12.3 Å². The first-order valence-corrected chi connectivity index (χ1v) is 6.47. The summed E-state index contributed by atoms with van der Waals surface area (Å²) in [4.78, 5) is 0. The Hall–Kier alpha value is -1.87. The molecule has 2 rings (SSSR count). The SMILES string of the molecule is CCNC(COc1ccccc1)c1ccccc1F. The number of para-hydroxylation sites is 1. The Bertz CT molecular complexity index is 501. The van der Waals surface area contributed by atoms with E-state index in [2.05, 4.69) is 5.32 Å². The molecule has 0 saturated carbocycles. The molecule has 0 heterocycles. The molecule has 3 heteroatoms. The highest BCUT2D eigenvalue weighted by atomic mass is 19.1. The van der Waals surface area contributed by atoms with Gasteiger partial charge in [-0.2, -0.15) is 0 Å². The standard InChI is InChI=1S/C16H18FNO/c1-2-18-16(14-10-6-7-11-15(14)17)12-19-13-8-4-3-5-9-13/h3-11,16,18H,2,12H2,1H3. The van der Waals surface area contributed by atoms with E-state index in [4.69, 9.17) is 4.74 Å². The molecular formula is C16H18FNO. The first kappa shape index (κ1) is 13.6. The van der Waals surface area contributed by atoms with Gasteiger partial charge in [-0.25, -0.2) is 4.39 Å². The predicted octanol–water partition coefficient (Wildman–Crippen LogP) is 3.56. The summed E-state index contributed by atoms with van der Waals surface area (Å²) in [7, 11) is 0. The third-order valence-electron chi connectivity index (χ3n) is 2.89. The van der Waals surface area contributed by atoms with Crippen LogP contribution in [0.2, 0.25) is 0 Å². The van der Waals surface area contributed by atoms with E-state index in [1.165, 1.54) is 6.07 Å². The van der Waals surface area contributed by atoms with Gasteiger partial charge in [0.05, 0.1) is 6.04 Å². The third kappa shape index (κ3) is 3.80. The Kier molecular flexibility index (Phi) is 4.93. The van der Waals surface area contributed by atoms with Crippen molar-refractivity contribution in [3.05, 3.63) is 66.0 Å². The Balaban J connectivity index is 2.07. The molecule has 0 aromatic heterocycles. The Labute approximate surface area is 113 Å². The minimum Gasteiger partial charge on any atom is -0.492 e. The average molecular weight is 259 g/mol. The molecule has 0 aliphatic heterocycles. The quantitative estimate of drug-likeness (QED) is 0.856. The molecule has 0 bridgehead atoms. The van der Waals surface area contributed by atoms with Crippen LogP contribution in [0.5, 0.6) is 5.75 Å². The maximum Gasteiger partial charge on any atom is 0.128 e. The van der Waals surface area contributed by atoms with Crippen LogP contribution in [-0.4, -0.2) is 13.2 Å². The molecule has 2 aromatic carbocycles. The van der Waals surface area contributed by atoms with Gasteiger partial charge in [0.2, 0.25) is 0 Å². The highest BCUT2D eigenvalue weighted by Gasteiger charge is 2.14. The lowest BCUT2D eigenvalue weighted by atomic mass is 10.1. The number of hydrogen-bond acceptors (Lipinski definition) is 2. The second-order valence-corrected chi connectivity index (χ2v) is 4.26. The molecular weight excluding hydrogens is 241 g/mol. The fourth-order valence-electron chi connectivity index (χ4n) is 1.96. The number of halogens is 1. The molecule has 100 valence electrons. The van der Waals surface area contributed by atoms with Crippen LogP contribution in [0, 0.1) is 5.82 Å². The topological polar surface area (TPSA) is 21.3 Å². The Morgan fingerprint density at radius 2 is 1.74 bits per heavy atom. The first-order chi connectivity index (χ1) is 9.31. The molecule has 2 nitrogen and oxygen atoms in total. The summed E-state index contributed by atoms with van der Waals surface area (Å²) >= 11 is 0. The predicted molar refractivity (Wildman–Crippen MR) is 74.8 cm³/mol. The van der Waals surface area contributed by atoms with Gasteiger partial charge in [0.25, 0.3) is 0 Å². The summed E-state index contributed by atoms with van der Waals surface area (Å²) in [6.07, 6.45) is 0. The zero-order chi connectivity index (χ0) is 13.5. The smallest absolute Gasteiger partial charge is 0.128 e. The average Bonchev–Trinajstić information content (AvgIpc) is 2.45. The lowest BCUT2D eigenvalue weighted by molar-refractivity contribution is 0.265. The molecule has 0 aliphatic rings. The Morgan fingerprint density at radius 3 is 2.42 bits per heavy atom. The number of nitrogens with one attached hydrogen (secondary N) is 1. The summed E-state index contributed by atoms with van der Waals surface area (Å²) < 4.78 is 19.5. The van der Waals surface area contributed by atoms with E-state index in [1.54, 1.807) is 12.1 Å². The van der Waals surface area contributed by atoms with Crippen molar-refractivity contribution in [1.29, 1.82) is 0 Å². The molecule has 2 aromatic rings. The largest absolute Gasteiger partial charge is 0.492 e. The second kappa shape index (κ2) is 6.90. The monoisotopic (exact) mass is 259 g/mol. The lowest BCUT2D eigenvalue weighted by Gasteiger charge is -2.19. The van der Waals surface area contributed by atoms with Gasteiger partial charge in [-0.15, -0.1) is 0 Å². The van der Waals surface area contributed by atoms with Crippen LogP contribution >= 0.6 is 0 Å². The molecule has 1 N–H and O–H groups in total. The molecule has 0 spiro atoms. The Morgan fingerprint density at radius 1 is 1.05 bits per heavy atom.